The fourth-order valence-electron chi connectivity index (χ4n) is 3.35. The molecule has 2 fully saturated rings. The maximum atomic E-state index is 12.5. The van der Waals surface area contributed by atoms with Crippen molar-refractivity contribution in [2.45, 2.75) is 52.4 Å². The Balaban J connectivity index is 2.11. The minimum atomic E-state index is -0.0394. The van der Waals surface area contributed by atoms with Crippen molar-refractivity contribution in [3.05, 3.63) is 11.3 Å². The molecule has 0 amide bonds. The van der Waals surface area contributed by atoms with Crippen LogP contribution in [-0.4, -0.2) is 31.4 Å². The van der Waals surface area contributed by atoms with Gasteiger partial charge in [-0.1, -0.05) is 13.3 Å². The lowest BCUT2D eigenvalue weighted by Crippen LogP contribution is -2.36. The van der Waals surface area contributed by atoms with E-state index >= 15 is 0 Å². The Hall–Kier alpha value is -1.20. The van der Waals surface area contributed by atoms with Crippen molar-refractivity contribution in [1.82, 2.24) is 5.48 Å². The van der Waals surface area contributed by atoms with Crippen molar-refractivity contribution < 1.29 is 19.2 Å². The third-order valence-electron chi connectivity index (χ3n) is 4.46. The van der Waals surface area contributed by atoms with E-state index in [-0.39, 0.29) is 17.5 Å². The van der Waals surface area contributed by atoms with Gasteiger partial charge in [0.2, 0.25) is 0 Å². The van der Waals surface area contributed by atoms with Crippen LogP contribution in [0.3, 0.4) is 0 Å². The summed E-state index contributed by atoms with van der Waals surface area (Å²) in [5.74, 6) is 0.404. The lowest BCUT2D eigenvalue weighted by atomic mass is 9.74. The molecule has 0 aromatic heterocycles. The van der Waals surface area contributed by atoms with E-state index in [0.29, 0.717) is 49.7 Å². The van der Waals surface area contributed by atoms with Crippen LogP contribution in [0, 0.1) is 11.8 Å². The number of carbonyl (C=O) groups excluding carboxylic acids is 2. The zero-order valence-electron chi connectivity index (χ0n) is 13.7. The van der Waals surface area contributed by atoms with Gasteiger partial charge in [-0.15, -0.1) is 0 Å². The molecule has 1 saturated carbocycles. The number of hydrogen-bond donors (Lipinski definition) is 1. The fourth-order valence-corrected chi connectivity index (χ4v) is 3.35. The molecule has 124 valence electrons. The summed E-state index contributed by atoms with van der Waals surface area (Å²) in [5, 5.41) is 0. The highest BCUT2D eigenvalue weighted by Gasteiger charge is 2.37. The third kappa shape index (κ3) is 4.17. The second-order valence-electron chi connectivity index (χ2n) is 6.13. The Bertz CT molecular complexity index is 418. The number of nitrogens with one attached hydrogen (secondary N) is 1. The molecule has 0 spiro atoms. The molecule has 0 bridgehead atoms. The number of ether oxygens (including phenoxy) is 1. The van der Waals surface area contributed by atoms with E-state index in [9.17, 15) is 9.59 Å². The number of Topliss-reactive ketones (excluding diaryl/α,β-unsaturated/α-hetero) is 2. The molecule has 2 aliphatic rings. The summed E-state index contributed by atoms with van der Waals surface area (Å²) in [5.41, 5.74) is 3.80. The Morgan fingerprint density at radius 3 is 2.50 bits per heavy atom. The molecule has 1 atom stereocenters. The third-order valence-corrected chi connectivity index (χ3v) is 4.46. The summed E-state index contributed by atoms with van der Waals surface area (Å²) in [4.78, 5) is 30.3. The Morgan fingerprint density at radius 2 is 1.95 bits per heavy atom. The van der Waals surface area contributed by atoms with Gasteiger partial charge in [0.05, 0.1) is 17.9 Å². The standard InChI is InChI=1S/C17H27NO4/c1-3-6-14(18-22-4-2)17-15(19)9-13(10-16(17)20)12-7-5-8-21-11-12/h12-13,18H,3-11H2,1-2H3. The summed E-state index contributed by atoms with van der Waals surface area (Å²) in [6.45, 7) is 5.86. The Morgan fingerprint density at radius 1 is 1.23 bits per heavy atom. The lowest BCUT2D eigenvalue weighted by Gasteiger charge is -2.32. The van der Waals surface area contributed by atoms with Gasteiger partial charge in [-0.3, -0.25) is 19.9 Å². The quantitative estimate of drug-likeness (QED) is 0.464. The second kappa shape index (κ2) is 8.44. The molecule has 0 aromatic carbocycles. The van der Waals surface area contributed by atoms with Crippen LogP contribution < -0.4 is 5.48 Å². The summed E-state index contributed by atoms with van der Waals surface area (Å²) < 4.78 is 5.50. The normalized spacial score (nSPS) is 26.2. The predicted octanol–water partition coefficient (Wildman–Crippen LogP) is 2.56. The highest BCUT2D eigenvalue weighted by molar-refractivity contribution is 6.22. The van der Waals surface area contributed by atoms with E-state index in [0.717, 1.165) is 25.9 Å². The average Bonchev–Trinajstić information content (AvgIpc) is 2.52. The summed E-state index contributed by atoms with van der Waals surface area (Å²) >= 11 is 0. The molecule has 1 aliphatic heterocycles. The molecule has 22 heavy (non-hydrogen) atoms. The monoisotopic (exact) mass is 309 g/mol. The van der Waals surface area contributed by atoms with Crippen molar-refractivity contribution in [1.29, 1.82) is 0 Å². The molecule has 2 rings (SSSR count). The molecular weight excluding hydrogens is 282 g/mol. The molecule has 0 aromatic rings. The molecule has 1 unspecified atom stereocenters. The van der Waals surface area contributed by atoms with Gasteiger partial charge < -0.3 is 4.74 Å². The van der Waals surface area contributed by atoms with Crippen LogP contribution in [0.5, 0.6) is 0 Å². The molecule has 1 N–H and O–H groups in total. The first-order chi connectivity index (χ1) is 10.7. The minimum absolute atomic E-state index is 0.0394. The number of hydroxylamine groups is 1. The van der Waals surface area contributed by atoms with Crippen LogP contribution >= 0.6 is 0 Å². The van der Waals surface area contributed by atoms with Gasteiger partial charge in [0.1, 0.15) is 0 Å². The summed E-state index contributed by atoms with van der Waals surface area (Å²) in [7, 11) is 0. The van der Waals surface area contributed by atoms with E-state index in [1.165, 1.54) is 0 Å². The minimum Gasteiger partial charge on any atom is -0.381 e. The highest BCUT2D eigenvalue weighted by atomic mass is 16.6. The largest absolute Gasteiger partial charge is 0.381 e. The maximum absolute atomic E-state index is 12.5. The number of rotatable bonds is 6. The SMILES string of the molecule is CCCC(NOCC)=C1C(=O)CC(C2CCCOC2)CC1=O. The zero-order valence-corrected chi connectivity index (χ0v) is 13.7. The van der Waals surface area contributed by atoms with E-state index in [1.54, 1.807) is 0 Å². The number of allylic oxidation sites excluding steroid dienone is 2. The smallest absolute Gasteiger partial charge is 0.168 e. The highest BCUT2D eigenvalue weighted by Crippen LogP contribution is 2.34. The molecule has 5 nitrogen and oxygen atoms in total. The van der Waals surface area contributed by atoms with Crippen LogP contribution in [0.1, 0.15) is 52.4 Å². The van der Waals surface area contributed by atoms with Gasteiger partial charge in [0.15, 0.2) is 11.6 Å². The first-order valence-electron chi connectivity index (χ1n) is 8.42. The van der Waals surface area contributed by atoms with Crippen LogP contribution in [0.2, 0.25) is 0 Å². The molecular formula is C17H27NO4. The van der Waals surface area contributed by atoms with Gasteiger partial charge in [0.25, 0.3) is 0 Å². The van der Waals surface area contributed by atoms with Gasteiger partial charge in [-0.25, -0.2) is 0 Å². The van der Waals surface area contributed by atoms with Gasteiger partial charge >= 0.3 is 0 Å². The molecule has 5 heteroatoms. The van der Waals surface area contributed by atoms with Crippen molar-refractivity contribution in [2.75, 3.05) is 19.8 Å². The molecule has 0 radical (unpaired) electrons. The van der Waals surface area contributed by atoms with Crippen LogP contribution in [-0.2, 0) is 19.2 Å². The van der Waals surface area contributed by atoms with Crippen molar-refractivity contribution in [3.8, 4) is 0 Å². The first-order valence-corrected chi connectivity index (χ1v) is 8.42. The molecule has 1 aliphatic carbocycles. The summed E-state index contributed by atoms with van der Waals surface area (Å²) in [6.07, 6.45) is 4.51. The topological polar surface area (TPSA) is 64.6 Å². The van der Waals surface area contributed by atoms with Crippen molar-refractivity contribution in [3.63, 3.8) is 0 Å². The number of hydrogen-bond acceptors (Lipinski definition) is 5. The molecule has 1 heterocycles. The average molecular weight is 309 g/mol. The van der Waals surface area contributed by atoms with Gasteiger partial charge in [-0.2, -0.15) is 0 Å². The van der Waals surface area contributed by atoms with Crippen LogP contribution in [0.15, 0.2) is 11.3 Å². The number of ketones is 2. The van der Waals surface area contributed by atoms with E-state index in [4.69, 9.17) is 9.57 Å². The maximum Gasteiger partial charge on any atom is 0.168 e. The van der Waals surface area contributed by atoms with E-state index in [2.05, 4.69) is 5.48 Å². The van der Waals surface area contributed by atoms with E-state index < -0.39 is 0 Å². The van der Waals surface area contributed by atoms with E-state index in [1.807, 2.05) is 13.8 Å². The van der Waals surface area contributed by atoms with Gasteiger partial charge in [-0.05, 0) is 38.0 Å². The second-order valence-corrected chi connectivity index (χ2v) is 6.13. The Kier molecular flexibility index (Phi) is 6.58. The zero-order chi connectivity index (χ0) is 15.9. The van der Waals surface area contributed by atoms with Crippen LogP contribution in [0.4, 0.5) is 0 Å². The van der Waals surface area contributed by atoms with Gasteiger partial charge in [0, 0.05) is 26.1 Å². The fraction of sp³-hybridized carbons (Fsp3) is 0.765. The van der Waals surface area contributed by atoms with Crippen LogP contribution in [0.25, 0.3) is 0 Å². The first kappa shape index (κ1) is 17.2. The van der Waals surface area contributed by atoms with Crippen molar-refractivity contribution >= 4 is 11.6 Å². The summed E-state index contributed by atoms with van der Waals surface area (Å²) in [6, 6.07) is 0. The molecule has 1 saturated heterocycles. The predicted molar refractivity (Wildman–Crippen MR) is 83.0 cm³/mol. The Labute approximate surface area is 132 Å². The lowest BCUT2D eigenvalue weighted by molar-refractivity contribution is -0.127. The van der Waals surface area contributed by atoms with Crippen molar-refractivity contribution in [2.24, 2.45) is 11.8 Å². The number of carbonyl (C=O) groups is 2.